The van der Waals surface area contributed by atoms with Gasteiger partial charge in [-0.2, -0.15) is 5.26 Å². The van der Waals surface area contributed by atoms with Crippen LogP contribution in [0.5, 0.6) is 0 Å². The van der Waals surface area contributed by atoms with Crippen LogP contribution < -0.4 is 10.2 Å². The van der Waals surface area contributed by atoms with Crippen molar-refractivity contribution in [2.75, 3.05) is 10.2 Å². The van der Waals surface area contributed by atoms with Gasteiger partial charge < -0.3 is 9.88 Å². The van der Waals surface area contributed by atoms with Gasteiger partial charge in [0, 0.05) is 53.5 Å². The Kier molecular flexibility index (Phi) is 4.88. The molecule has 0 radical (unpaired) electrons. The lowest BCUT2D eigenvalue weighted by atomic mass is 9.63. The number of nitrogens with one attached hydrogen (secondary N) is 1. The van der Waals surface area contributed by atoms with Crippen LogP contribution in [0.3, 0.4) is 0 Å². The standard InChI is InChI=1S/C28H21N5O4/c1-17-11-12-18(33(36)37)15-23(17)32-22-9-6-10-24(34)25(22)28(19-7-2-3-8-21(19)30-27(28)35)20(16-29)26(32)31-13-4-5-14-31/h2-5,7-8,11-15H,6,9-10H2,1H3,(H,30,35). The molecule has 6 rings (SSSR count). The number of nitriles is 1. The Hall–Kier alpha value is -4.97. The van der Waals surface area contributed by atoms with Crippen LogP contribution in [-0.4, -0.2) is 21.2 Å². The number of aryl methyl sites for hydroxylation is 1. The van der Waals surface area contributed by atoms with Gasteiger partial charge in [0.05, 0.1) is 16.2 Å². The lowest BCUT2D eigenvalue weighted by molar-refractivity contribution is -0.384. The first-order chi connectivity index (χ1) is 17.9. The average Bonchev–Trinajstić information content (AvgIpc) is 3.51. The predicted octanol–water partition coefficient (Wildman–Crippen LogP) is 4.81. The maximum Gasteiger partial charge on any atom is 0.271 e. The van der Waals surface area contributed by atoms with E-state index in [9.17, 15) is 25.0 Å². The molecule has 2 aromatic carbocycles. The van der Waals surface area contributed by atoms with Gasteiger partial charge in [-0.1, -0.05) is 24.3 Å². The zero-order chi connectivity index (χ0) is 25.9. The second-order valence-corrected chi connectivity index (χ2v) is 9.31. The van der Waals surface area contributed by atoms with Crippen molar-refractivity contribution in [3.63, 3.8) is 0 Å². The number of rotatable bonds is 3. The SMILES string of the molecule is Cc1ccc([N+](=O)[O-])cc1N1C2=C(C(=O)CCC2)C2(C(=O)Nc3ccccc32)C(C#N)=C1n1cccc1. The molecule has 0 saturated heterocycles. The van der Waals surface area contributed by atoms with Crippen LogP contribution in [-0.2, 0) is 15.0 Å². The maximum absolute atomic E-state index is 13.9. The zero-order valence-electron chi connectivity index (χ0n) is 19.9. The number of carbonyl (C=O) groups is 2. The fourth-order valence-electron chi connectivity index (χ4n) is 5.83. The van der Waals surface area contributed by atoms with E-state index in [2.05, 4.69) is 11.4 Å². The fourth-order valence-corrected chi connectivity index (χ4v) is 5.83. The largest absolute Gasteiger partial charge is 0.324 e. The minimum atomic E-state index is -1.62. The highest BCUT2D eigenvalue weighted by atomic mass is 16.6. The molecule has 0 bridgehead atoms. The summed E-state index contributed by atoms with van der Waals surface area (Å²) in [5.41, 5.74) is 1.51. The number of nitro groups is 1. The van der Waals surface area contributed by atoms with E-state index in [4.69, 9.17) is 0 Å². The summed E-state index contributed by atoms with van der Waals surface area (Å²) < 4.78 is 1.73. The first kappa shape index (κ1) is 22.5. The Morgan fingerprint density at radius 3 is 2.57 bits per heavy atom. The van der Waals surface area contributed by atoms with Gasteiger partial charge >= 0.3 is 0 Å². The van der Waals surface area contributed by atoms with Gasteiger partial charge in [-0.25, -0.2) is 0 Å². The Bertz CT molecular complexity index is 1630. The number of para-hydroxylation sites is 1. The number of carbonyl (C=O) groups excluding carboxylic acids is 2. The van der Waals surface area contributed by atoms with Crippen molar-refractivity contribution in [3.05, 3.63) is 105 Å². The van der Waals surface area contributed by atoms with Crippen LogP contribution in [0.15, 0.2) is 83.8 Å². The Morgan fingerprint density at radius 1 is 1.08 bits per heavy atom. The molecule has 3 aromatic rings. The molecule has 3 heterocycles. The van der Waals surface area contributed by atoms with Crippen molar-refractivity contribution in [1.82, 2.24) is 4.57 Å². The van der Waals surface area contributed by atoms with Gasteiger partial charge in [-0.3, -0.25) is 24.6 Å². The van der Waals surface area contributed by atoms with E-state index in [-0.39, 0.29) is 29.0 Å². The third-order valence-corrected chi connectivity index (χ3v) is 7.37. The molecule has 1 unspecified atom stereocenters. The van der Waals surface area contributed by atoms with Crippen LogP contribution in [0.2, 0.25) is 0 Å². The van der Waals surface area contributed by atoms with E-state index < -0.39 is 16.2 Å². The molecule has 0 saturated carbocycles. The lowest BCUT2D eigenvalue weighted by Gasteiger charge is -2.45. The number of aromatic nitrogens is 1. The third-order valence-electron chi connectivity index (χ3n) is 7.37. The molecule has 1 aromatic heterocycles. The van der Waals surface area contributed by atoms with Gasteiger partial charge in [0.15, 0.2) is 5.78 Å². The molecule has 0 fully saturated rings. The maximum atomic E-state index is 13.9. The quantitative estimate of drug-likeness (QED) is 0.414. The molecule has 37 heavy (non-hydrogen) atoms. The number of anilines is 2. The number of nitro benzene ring substituents is 1. The molecular formula is C28H21N5O4. The highest BCUT2D eigenvalue weighted by Gasteiger charge is 2.60. The molecule has 3 aliphatic rings. The number of allylic oxidation sites excluding steroid dienone is 1. The van der Waals surface area contributed by atoms with E-state index >= 15 is 0 Å². The topological polar surface area (TPSA) is 121 Å². The number of benzene rings is 2. The molecule has 1 amide bonds. The molecule has 1 N–H and O–H groups in total. The van der Waals surface area contributed by atoms with Crippen molar-refractivity contribution in [2.24, 2.45) is 0 Å². The van der Waals surface area contributed by atoms with Crippen LogP contribution in [0.1, 0.15) is 30.4 Å². The smallest absolute Gasteiger partial charge is 0.271 e. The second-order valence-electron chi connectivity index (χ2n) is 9.31. The van der Waals surface area contributed by atoms with E-state index in [1.54, 1.807) is 64.3 Å². The summed E-state index contributed by atoms with van der Waals surface area (Å²) in [6.45, 7) is 1.82. The molecule has 1 aliphatic carbocycles. The van der Waals surface area contributed by atoms with E-state index in [1.807, 2.05) is 6.92 Å². The summed E-state index contributed by atoms with van der Waals surface area (Å²) in [4.78, 5) is 40.7. The van der Waals surface area contributed by atoms with Gasteiger partial charge in [0.2, 0.25) is 5.91 Å². The Morgan fingerprint density at radius 2 is 1.84 bits per heavy atom. The van der Waals surface area contributed by atoms with Crippen LogP contribution in [0.25, 0.3) is 5.82 Å². The number of amides is 1. The van der Waals surface area contributed by atoms with Gasteiger partial charge in [0.1, 0.15) is 17.3 Å². The first-order valence-electron chi connectivity index (χ1n) is 11.9. The van der Waals surface area contributed by atoms with E-state index in [1.165, 1.54) is 12.1 Å². The van der Waals surface area contributed by atoms with E-state index in [0.29, 0.717) is 41.3 Å². The monoisotopic (exact) mass is 491 g/mol. The number of hydrogen-bond donors (Lipinski definition) is 1. The molecule has 1 atom stereocenters. The highest BCUT2D eigenvalue weighted by molar-refractivity contribution is 6.21. The normalized spacial score (nSPS) is 20.6. The van der Waals surface area contributed by atoms with Gasteiger partial charge in [-0.15, -0.1) is 0 Å². The summed E-state index contributed by atoms with van der Waals surface area (Å²) >= 11 is 0. The predicted molar refractivity (Wildman–Crippen MR) is 136 cm³/mol. The van der Waals surface area contributed by atoms with Crippen LogP contribution in [0, 0.1) is 28.4 Å². The minimum Gasteiger partial charge on any atom is -0.324 e. The highest BCUT2D eigenvalue weighted by Crippen LogP contribution is 2.56. The lowest BCUT2D eigenvalue weighted by Crippen LogP contribution is -2.49. The average molecular weight is 492 g/mol. The molecule has 9 heteroatoms. The number of non-ortho nitro benzene ring substituents is 1. The van der Waals surface area contributed by atoms with Crippen molar-refractivity contribution in [1.29, 1.82) is 5.26 Å². The Labute approximate surface area is 212 Å². The van der Waals surface area contributed by atoms with Crippen molar-refractivity contribution >= 4 is 34.6 Å². The van der Waals surface area contributed by atoms with Gasteiger partial charge in [0.25, 0.3) is 5.69 Å². The second kappa shape index (κ2) is 8.03. The van der Waals surface area contributed by atoms with Crippen molar-refractivity contribution in [2.45, 2.75) is 31.6 Å². The molecular weight excluding hydrogens is 470 g/mol. The molecule has 2 aliphatic heterocycles. The van der Waals surface area contributed by atoms with E-state index in [0.717, 1.165) is 5.56 Å². The molecule has 9 nitrogen and oxygen atoms in total. The summed E-state index contributed by atoms with van der Waals surface area (Å²) in [6.07, 6.45) is 4.78. The number of nitrogens with zero attached hydrogens (tertiary/aromatic N) is 4. The number of hydrogen-bond acceptors (Lipinski definition) is 6. The third kappa shape index (κ3) is 2.96. The summed E-state index contributed by atoms with van der Waals surface area (Å²) in [5, 5.41) is 25.3. The number of ketones is 1. The first-order valence-corrected chi connectivity index (χ1v) is 11.9. The van der Waals surface area contributed by atoms with Gasteiger partial charge in [-0.05, 0) is 43.5 Å². The molecule has 182 valence electrons. The number of fused-ring (bicyclic) bond motifs is 3. The zero-order valence-corrected chi connectivity index (χ0v) is 19.9. The van der Waals surface area contributed by atoms with Crippen LogP contribution >= 0.6 is 0 Å². The molecule has 1 spiro atoms. The van der Waals surface area contributed by atoms with Crippen molar-refractivity contribution in [3.8, 4) is 6.07 Å². The summed E-state index contributed by atoms with van der Waals surface area (Å²) in [5.74, 6) is -0.287. The Balaban J connectivity index is 1.79. The number of Topliss-reactive ketones (excluding diaryl/α,β-unsaturated/α-hetero) is 1. The minimum absolute atomic E-state index is 0.0889. The summed E-state index contributed by atoms with van der Waals surface area (Å²) in [6, 6.07) is 17.5. The fraction of sp³-hybridized carbons (Fsp3) is 0.179. The van der Waals surface area contributed by atoms with Crippen LogP contribution in [0.4, 0.5) is 17.1 Å². The van der Waals surface area contributed by atoms with Crippen molar-refractivity contribution < 1.29 is 14.5 Å². The summed E-state index contributed by atoms with van der Waals surface area (Å²) in [7, 11) is 0.